The van der Waals surface area contributed by atoms with E-state index in [2.05, 4.69) is 16.0 Å². The van der Waals surface area contributed by atoms with Crippen LogP contribution in [0.3, 0.4) is 0 Å². The summed E-state index contributed by atoms with van der Waals surface area (Å²) < 4.78 is 0. The van der Waals surface area contributed by atoms with Gasteiger partial charge >= 0.3 is 0 Å². The fourth-order valence-electron chi connectivity index (χ4n) is 2.56. The number of piperazine rings is 1. The van der Waals surface area contributed by atoms with Crippen molar-refractivity contribution in [1.29, 1.82) is 0 Å². The summed E-state index contributed by atoms with van der Waals surface area (Å²) in [6.07, 6.45) is 0.0235. The number of amides is 3. The molecular formula is C16H21ClN4O3. The highest BCUT2D eigenvalue weighted by molar-refractivity contribution is 6.31. The number of nitrogens with zero attached hydrogens (tertiary/aromatic N) is 1. The molecule has 0 aliphatic carbocycles. The maximum atomic E-state index is 12.3. The number of hydrogen-bond acceptors (Lipinski definition) is 4. The predicted octanol–water partition coefficient (Wildman–Crippen LogP) is 0.523. The van der Waals surface area contributed by atoms with Crippen LogP contribution >= 0.6 is 11.6 Å². The van der Waals surface area contributed by atoms with Crippen LogP contribution in [0.15, 0.2) is 18.2 Å². The minimum atomic E-state index is -0.642. The molecule has 1 aromatic rings. The van der Waals surface area contributed by atoms with Crippen molar-refractivity contribution in [2.45, 2.75) is 19.4 Å². The summed E-state index contributed by atoms with van der Waals surface area (Å²) in [5.74, 6) is -0.718. The molecule has 0 bridgehead atoms. The van der Waals surface area contributed by atoms with Crippen LogP contribution in [-0.2, 0) is 14.4 Å². The van der Waals surface area contributed by atoms with Crippen LogP contribution in [0.4, 0.5) is 5.69 Å². The third-order valence-electron chi connectivity index (χ3n) is 3.89. The van der Waals surface area contributed by atoms with E-state index >= 15 is 0 Å². The Bertz CT molecular complexity index is 650. The summed E-state index contributed by atoms with van der Waals surface area (Å²) in [5.41, 5.74) is 1.51. The first-order valence-corrected chi connectivity index (χ1v) is 8.07. The molecule has 8 heteroatoms. The fraction of sp³-hybridized carbons (Fsp3) is 0.438. The highest BCUT2D eigenvalue weighted by Crippen LogP contribution is 2.19. The number of aryl methyl sites for hydroxylation is 1. The van der Waals surface area contributed by atoms with Crippen molar-refractivity contribution in [2.24, 2.45) is 0 Å². The normalized spacial score (nSPS) is 18.0. The number of carbonyl (C=O) groups is 3. The van der Waals surface area contributed by atoms with Gasteiger partial charge in [-0.15, -0.1) is 0 Å². The molecule has 1 heterocycles. The van der Waals surface area contributed by atoms with Gasteiger partial charge in [0.2, 0.25) is 17.7 Å². The van der Waals surface area contributed by atoms with Gasteiger partial charge in [-0.1, -0.05) is 11.6 Å². The third-order valence-corrected chi connectivity index (χ3v) is 4.31. The summed E-state index contributed by atoms with van der Waals surface area (Å²) in [7, 11) is 1.52. The van der Waals surface area contributed by atoms with Crippen molar-refractivity contribution in [3.8, 4) is 0 Å². The Hall–Kier alpha value is -2.12. The van der Waals surface area contributed by atoms with Gasteiger partial charge < -0.3 is 16.0 Å². The predicted molar refractivity (Wildman–Crippen MR) is 91.9 cm³/mol. The number of carbonyl (C=O) groups excluding carboxylic acids is 3. The van der Waals surface area contributed by atoms with Gasteiger partial charge in [-0.2, -0.15) is 0 Å². The molecule has 3 N–H and O–H groups in total. The molecule has 2 rings (SSSR count). The minimum Gasteiger partial charge on any atom is -0.359 e. The molecular weight excluding hydrogens is 332 g/mol. The highest BCUT2D eigenvalue weighted by Gasteiger charge is 2.32. The van der Waals surface area contributed by atoms with Gasteiger partial charge in [-0.3, -0.25) is 19.3 Å². The van der Waals surface area contributed by atoms with Gasteiger partial charge in [0.25, 0.3) is 0 Å². The van der Waals surface area contributed by atoms with Crippen LogP contribution in [0.25, 0.3) is 0 Å². The zero-order chi connectivity index (χ0) is 17.7. The van der Waals surface area contributed by atoms with Crippen LogP contribution in [0.2, 0.25) is 5.02 Å². The van der Waals surface area contributed by atoms with E-state index in [0.717, 1.165) is 5.56 Å². The molecule has 1 aliphatic heterocycles. The summed E-state index contributed by atoms with van der Waals surface area (Å²) in [4.78, 5) is 37.6. The smallest absolute Gasteiger partial charge is 0.238 e. The van der Waals surface area contributed by atoms with E-state index in [4.69, 9.17) is 11.6 Å². The number of halogens is 1. The van der Waals surface area contributed by atoms with Crippen LogP contribution in [0, 0.1) is 6.92 Å². The number of anilines is 1. The van der Waals surface area contributed by atoms with Gasteiger partial charge in [0, 0.05) is 30.8 Å². The van der Waals surface area contributed by atoms with Crippen molar-refractivity contribution in [1.82, 2.24) is 15.5 Å². The van der Waals surface area contributed by atoms with Gasteiger partial charge in [0.15, 0.2) is 0 Å². The lowest BCUT2D eigenvalue weighted by atomic mass is 10.1. The Kier molecular flexibility index (Phi) is 6.16. The molecule has 1 fully saturated rings. The second-order valence-electron chi connectivity index (χ2n) is 5.67. The molecule has 24 heavy (non-hydrogen) atoms. The molecule has 0 aromatic heterocycles. The van der Waals surface area contributed by atoms with E-state index in [0.29, 0.717) is 23.8 Å². The lowest BCUT2D eigenvalue weighted by Gasteiger charge is -2.34. The van der Waals surface area contributed by atoms with Crippen LogP contribution in [0.1, 0.15) is 12.0 Å². The topological polar surface area (TPSA) is 90.5 Å². The van der Waals surface area contributed by atoms with E-state index in [-0.39, 0.29) is 30.7 Å². The maximum Gasteiger partial charge on any atom is 0.238 e. The molecule has 3 amide bonds. The third kappa shape index (κ3) is 4.69. The second-order valence-corrected chi connectivity index (χ2v) is 6.07. The summed E-state index contributed by atoms with van der Waals surface area (Å²) in [6, 6.07) is 4.58. The molecule has 1 atom stereocenters. The fourth-order valence-corrected chi connectivity index (χ4v) is 2.68. The van der Waals surface area contributed by atoms with Crippen LogP contribution in [0.5, 0.6) is 0 Å². The van der Waals surface area contributed by atoms with Gasteiger partial charge in [-0.05, 0) is 30.7 Å². The lowest BCUT2D eigenvalue weighted by molar-refractivity contribution is -0.135. The molecule has 1 unspecified atom stereocenters. The molecule has 0 spiro atoms. The SMILES string of the molecule is CNC(=O)CC1C(=O)NCCN1CC(=O)Nc1ccc(Cl)c(C)c1. The molecule has 7 nitrogen and oxygen atoms in total. The van der Waals surface area contributed by atoms with E-state index in [1.54, 1.807) is 23.1 Å². The number of rotatable bonds is 5. The molecule has 0 radical (unpaired) electrons. The van der Waals surface area contributed by atoms with Crippen molar-refractivity contribution in [2.75, 3.05) is 32.0 Å². The van der Waals surface area contributed by atoms with Gasteiger partial charge in [-0.25, -0.2) is 0 Å². The number of hydrogen-bond donors (Lipinski definition) is 3. The van der Waals surface area contributed by atoms with Crippen molar-refractivity contribution >= 4 is 35.0 Å². The Morgan fingerprint density at radius 1 is 1.38 bits per heavy atom. The lowest BCUT2D eigenvalue weighted by Crippen LogP contribution is -2.57. The molecule has 0 saturated carbocycles. The Labute approximate surface area is 145 Å². The molecule has 1 aromatic carbocycles. The van der Waals surface area contributed by atoms with E-state index < -0.39 is 6.04 Å². The number of benzene rings is 1. The monoisotopic (exact) mass is 352 g/mol. The van der Waals surface area contributed by atoms with Crippen molar-refractivity contribution < 1.29 is 14.4 Å². The Morgan fingerprint density at radius 2 is 2.12 bits per heavy atom. The first kappa shape index (κ1) is 18.2. The standard InChI is InChI=1S/C16H21ClN4O3/c1-10-7-11(3-4-12(10)17)20-15(23)9-21-6-5-19-16(24)13(21)8-14(22)18-2/h3-4,7,13H,5-6,8-9H2,1-2H3,(H,18,22)(H,19,24)(H,20,23). The molecule has 130 valence electrons. The maximum absolute atomic E-state index is 12.3. The van der Waals surface area contributed by atoms with E-state index in [9.17, 15) is 14.4 Å². The Morgan fingerprint density at radius 3 is 2.79 bits per heavy atom. The largest absolute Gasteiger partial charge is 0.359 e. The van der Waals surface area contributed by atoms with Gasteiger partial charge in [0.1, 0.15) is 0 Å². The molecule has 1 aliphatic rings. The van der Waals surface area contributed by atoms with Crippen molar-refractivity contribution in [3.63, 3.8) is 0 Å². The quantitative estimate of drug-likeness (QED) is 0.720. The average Bonchev–Trinajstić information content (AvgIpc) is 2.54. The van der Waals surface area contributed by atoms with Gasteiger partial charge in [0.05, 0.1) is 19.0 Å². The number of nitrogens with one attached hydrogen (secondary N) is 3. The second kappa shape index (κ2) is 8.12. The van der Waals surface area contributed by atoms with E-state index in [1.807, 2.05) is 6.92 Å². The Balaban J connectivity index is 2.00. The minimum absolute atomic E-state index is 0.0235. The molecule has 1 saturated heterocycles. The van der Waals surface area contributed by atoms with E-state index in [1.165, 1.54) is 7.05 Å². The van der Waals surface area contributed by atoms with Crippen LogP contribution in [-0.4, -0.2) is 55.3 Å². The first-order valence-electron chi connectivity index (χ1n) is 7.69. The van der Waals surface area contributed by atoms with Crippen molar-refractivity contribution in [3.05, 3.63) is 28.8 Å². The summed E-state index contributed by atoms with van der Waals surface area (Å²) >= 11 is 5.97. The summed E-state index contributed by atoms with van der Waals surface area (Å²) in [6.45, 7) is 2.86. The zero-order valence-electron chi connectivity index (χ0n) is 13.7. The summed E-state index contributed by atoms with van der Waals surface area (Å²) in [5, 5.41) is 8.64. The average molecular weight is 353 g/mol. The first-order chi connectivity index (χ1) is 11.4. The highest BCUT2D eigenvalue weighted by atomic mass is 35.5. The van der Waals surface area contributed by atoms with Crippen LogP contribution < -0.4 is 16.0 Å². The zero-order valence-corrected chi connectivity index (χ0v) is 14.4.